The van der Waals surface area contributed by atoms with Crippen molar-refractivity contribution in [3.05, 3.63) is 11.8 Å². The SMILES string of the molecule is CCC1(C)CCN(S(=O)(=O)c2[nH]ncc2CO)CC1. The Morgan fingerprint density at radius 2 is 2.11 bits per heavy atom. The van der Waals surface area contributed by atoms with E-state index >= 15 is 0 Å². The van der Waals surface area contributed by atoms with E-state index < -0.39 is 10.0 Å². The van der Waals surface area contributed by atoms with Crippen molar-refractivity contribution in [2.45, 2.75) is 44.7 Å². The minimum atomic E-state index is -3.56. The molecule has 1 aliphatic heterocycles. The molecule has 6 nitrogen and oxygen atoms in total. The number of H-pyrrole nitrogens is 1. The third kappa shape index (κ3) is 2.68. The average molecular weight is 287 g/mol. The van der Waals surface area contributed by atoms with Gasteiger partial charge in [0.05, 0.1) is 12.8 Å². The van der Waals surface area contributed by atoms with E-state index in [0.29, 0.717) is 18.7 Å². The van der Waals surface area contributed by atoms with Gasteiger partial charge in [0, 0.05) is 18.7 Å². The van der Waals surface area contributed by atoms with Crippen LogP contribution in [0.2, 0.25) is 0 Å². The molecule has 108 valence electrons. The molecule has 0 bridgehead atoms. The molecule has 1 fully saturated rings. The number of rotatable bonds is 4. The Balaban J connectivity index is 2.19. The van der Waals surface area contributed by atoms with Crippen molar-refractivity contribution in [2.75, 3.05) is 13.1 Å². The Morgan fingerprint density at radius 3 is 2.63 bits per heavy atom. The summed E-state index contributed by atoms with van der Waals surface area (Å²) in [5, 5.41) is 15.4. The van der Waals surface area contributed by atoms with Crippen molar-refractivity contribution >= 4 is 10.0 Å². The molecule has 0 atom stereocenters. The van der Waals surface area contributed by atoms with Gasteiger partial charge in [-0.3, -0.25) is 5.10 Å². The van der Waals surface area contributed by atoms with Crippen LogP contribution in [0.25, 0.3) is 0 Å². The van der Waals surface area contributed by atoms with Crippen molar-refractivity contribution in [3.63, 3.8) is 0 Å². The van der Waals surface area contributed by atoms with Gasteiger partial charge in [-0.25, -0.2) is 8.42 Å². The van der Waals surface area contributed by atoms with Gasteiger partial charge in [-0.1, -0.05) is 20.3 Å². The first kappa shape index (κ1) is 14.5. The summed E-state index contributed by atoms with van der Waals surface area (Å²) < 4.78 is 26.4. The maximum atomic E-state index is 12.5. The van der Waals surface area contributed by atoms with Crippen molar-refractivity contribution in [3.8, 4) is 0 Å². The molecule has 0 saturated carbocycles. The minimum Gasteiger partial charge on any atom is -0.392 e. The molecule has 2 rings (SSSR count). The minimum absolute atomic E-state index is 0.0232. The number of aliphatic hydroxyl groups excluding tert-OH is 1. The summed E-state index contributed by atoms with van der Waals surface area (Å²) in [5.41, 5.74) is 0.559. The predicted octanol–water partition coefficient (Wildman–Crippen LogP) is 1.10. The fraction of sp³-hybridized carbons (Fsp3) is 0.750. The van der Waals surface area contributed by atoms with Gasteiger partial charge in [0.15, 0.2) is 5.03 Å². The van der Waals surface area contributed by atoms with Gasteiger partial charge in [0.2, 0.25) is 0 Å². The topological polar surface area (TPSA) is 86.3 Å². The number of aromatic nitrogens is 2. The standard InChI is InChI=1S/C12H21N3O3S/c1-3-12(2)4-6-15(7-5-12)19(17,18)11-10(9-16)8-13-14-11/h8,16H,3-7,9H2,1-2H3,(H,13,14). The molecule has 0 radical (unpaired) electrons. The van der Waals surface area contributed by atoms with E-state index in [1.54, 1.807) is 0 Å². The Labute approximate surface area is 113 Å². The zero-order valence-electron chi connectivity index (χ0n) is 11.4. The number of sulfonamides is 1. The third-order valence-corrected chi connectivity index (χ3v) is 6.14. The van der Waals surface area contributed by atoms with Crippen LogP contribution in [0.1, 0.15) is 38.7 Å². The van der Waals surface area contributed by atoms with Gasteiger partial charge in [-0.2, -0.15) is 9.40 Å². The lowest BCUT2D eigenvalue weighted by Gasteiger charge is -2.38. The Hall–Kier alpha value is -0.920. The first-order valence-corrected chi connectivity index (χ1v) is 8.00. The van der Waals surface area contributed by atoms with E-state index in [0.717, 1.165) is 19.3 Å². The van der Waals surface area contributed by atoms with Crippen LogP contribution in [0, 0.1) is 5.41 Å². The fourth-order valence-corrected chi connectivity index (χ4v) is 3.92. The summed E-state index contributed by atoms with van der Waals surface area (Å²) >= 11 is 0. The highest BCUT2D eigenvalue weighted by Crippen LogP contribution is 2.35. The van der Waals surface area contributed by atoms with E-state index in [4.69, 9.17) is 5.11 Å². The molecule has 0 aliphatic carbocycles. The zero-order valence-corrected chi connectivity index (χ0v) is 12.2. The largest absolute Gasteiger partial charge is 0.392 e. The monoisotopic (exact) mass is 287 g/mol. The number of aliphatic hydroxyl groups is 1. The second kappa shape index (κ2) is 5.22. The molecule has 2 heterocycles. The first-order chi connectivity index (χ1) is 8.93. The van der Waals surface area contributed by atoms with Crippen LogP contribution in [0.5, 0.6) is 0 Å². The van der Waals surface area contributed by atoms with Crippen molar-refractivity contribution < 1.29 is 13.5 Å². The van der Waals surface area contributed by atoms with Crippen LogP contribution >= 0.6 is 0 Å². The number of hydrogen-bond donors (Lipinski definition) is 2. The Morgan fingerprint density at radius 1 is 1.47 bits per heavy atom. The normalized spacial score (nSPS) is 20.6. The summed E-state index contributed by atoms with van der Waals surface area (Å²) in [6, 6.07) is 0. The molecule has 1 aromatic heterocycles. The van der Waals surface area contributed by atoms with E-state index in [1.807, 2.05) is 0 Å². The lowest BCUT2D eigenvalue weighted by atomic mass is 9.79. The highest BCUT2D eigenvalue weighted by atomic mass is 32.2. The number of nitrogens with zero attached hydrogens (tertiary/aromatic N) is 2. The van der Waals surface area contributed by atoms with Crippen LogP contribution < -0.4 is 0 Å². The first-order valence-electron chi connectivity index (χ1n) is 6.56. The van der Waals surface area contributed by atoms with Crippen molar-refractivity contribution in [1.82, 2.24) is 14.5 Å². The molecule has 0 aromatic carbocycles. The maximum Gasteiger partial charge on any atom is 0.260 e. The van der Waals surface area contributed by atoms with Gasteiger partial charge in [-0.05, 0) is 18.3 Å². The molecule has 1 aliphatic rings. The molecule has 0 unspecified atom stereocenters. The second-order valence-corrected chi connectivity index (χ2v) is 7.33. The molecule has 19 heavy (non-hydrogen) atoms. The number of aromatic amines is 1. The van der Waals surface area contributed by atoms with Crippen LogP contribution in [0.15, 0.2) is 11.2 Å². The molecule has 0 spiro atoms. The lowest BCUT2D eigenvalue weighted by Crippen LogP contribution is -2.42. The van der Waals surface area contributed by atoms with Gasteiger partial charge in [0.25, 0.3) is 10.0 Å². The Kier molecular flexibility index (Phi) is 3.98. The highest BCUT2D eigenvalue weighted by molar-refractivity contribution is 7.89. The average Bonchev–Trinajstić information content (AvgIpc) is 2.88. The van der Waals surface area contributed by atoms with Gasteiger partial charge < -0.3 is 5.11 Å². The van der Waals surface area contributed by atoms with Crippen LogP contribution in [0.3, 0.4) is 0 Å². The number of nitrogens with one attached hydrogen (secondary N) is 1. The zero-order chi connectivity index (χ0) is 14.1. The van der Waals surface area contributed by atoms with E-state index in [2.05, 4.69) is 24.0 Å². The second-order valence-electron chi connectivity index (χ2n) is 5.45. The summed E-state index contributed by atoms with van der Waals surface area (Å²) in [6.07, 6.45) is 4.15. The number of hydrogen-bond acceptors (Lipinski definition) is 4. The van der Waals surface area contributed by atoms with Gasteiger partial charge in [-0.15, -0.1) is 0 Å². The molecular weight excluding hydrogens is 266 g/mol. The predicted molar refractivity (Wildman–Crippen MR) is 70.9 cm³/mol. The smallest absolute Gasteiger partial charge is 0.260 e. The molecule has 7 heteroatoms. The highest BCUT2D eigenvalue weighted by Gasteiger charge is 2.35. The maximum absolute atomic E-state index is 12.5. The van der Waals surface area contributed by atoms with Gasteiger partial charge in [0.1, 0.15) is 0 Å². The summed E-state index contributed by atoms with van der Waals surface area (Å²) in [5.74, 6) is 0. The van der Waals surface area contributed by atoms with Crippen LogP contribution in [0.4, 0.5) is 0 Å². The van der Waals surface area contributed by atoms with Crippen LogP contribution in [-0.4, -0.2) is 41.1 Å². The Bertz CT molecular complexity index is 530. The summed E-state index contributed by atoms with van der Waals surface area (Å²) in [6.45, 7) is 5.06. The molecule has 1 saturated heterocycles. The summed E-state index contributed by atoms with van der Waals surface area (Å²) in [4.78, 5) is 0. The molecular formula is C12H21N3O3S. The van der Waals surface area contributed by atoms with Gasteiger partial charge >= 0.3 is 0 Å². The van der Waals surface area contributed by atoms with Crippen LogP contribution in [-0.2, 0) is 16.6 Å². The quantitative estimate of drug-likeness (QED) is 0.868. The molecule has 2 N–H and O–H groups in total. The molecule has 0 amide bonds. The van der Waals surface area contributed by atoms with E-state index in [1.165, 1.54) is 10.5 Å². The van der Waals surface area contributed by atoms with Crippen molar-refractivity contribution in [1.29, 1.82) is 0 Å². The lowest BCUT2D eigenvalue weighted by molar-refractivity contribution is 0.168. The summed E-state index contributed by atoms with van der Waals surface area (Å²) in [7, 11) is -3.56. The fourth-order valence-electron chi connectivity index (χ4n) is 2.38. The third-order valence-electron chi connectivity index (χ3n) is 4.23. The van der Waals surface area contributed by atoms with E-state index in [9.17, 15) is 8.42 Å². The van der Waals surface area contributed by atoms with Crippen molar-refractivity contribution in [2.24, 2.45) is 5.41 Å². The number of piperidine rings is 1. The molecule has 1 aromatic rings. The van der Waals surface area contributed by atoms with E-state index in [-0.39, 0.29) is 17.0 Å².